The first-order valence-electron chi connectivity index (χ1n) is 9.52. The number of carboxylic acid groups (broad SMARTS) is 2. The molecule has 0 bridgehead atoms. The molecule has 0 aromatic carbocycles. The van der Waals surface area contributed by atoms with Gasteiger partial charge in [-0.3, -0.25) is 19.2 Å². The Morgan fingerprint density at radius 3 is 1.77 bits per heavy atom. The van der Waals surface area contributed by atoms with E-state index < -0.39 is 72.8 Å². The van der Waals surface area contributed by atoms with Crippen molar-refractivity contribution in [2.75, 3.05) is 6.61 Å². The molecule has 0 rings (SSSR count). The Morgan fingerprint density at radius 1 is 0.833 bits per heavy atom. The molecule has 172 valence electrons. The lowest BCUT2D eigenvalue weighted by Crippen LogP contribution is -2.59. The van der Waals surface area contributed by atoms with Gasteiger partial charge in [0.15, 0.2) is 0 Å². The summed E-state index contributed by atoms with van der Waals surface area (Å²) < 4.78 is 0. The molecule has 0 heterocycles. The van der Waals surface area contributed by atoms with Gasteiger partial charge in [-0.05, 0) is 18.3 Å². The Bertz CT molecular complexity index is 638. The third-order valence-electron chi connectivity index (χ3n) is 4.12. The first kappa shape index (κ1) is 27.3. The lowest BCUT2D eigenvalue weighted by atomic mass is 9.99. The van der Waals surface area contributed by atoms with E-state index in [0.717, 1.165) is 0 Å². The van der Waals surface area contributed by atoms with Crippen LogP contribution in [-0.2, 0) is 24.0 Å². The fourth-order valence-electron chi connectivity index (χ4n) is 2.50. The summed E-state index contributed by atoms with van der Waals surface area (Å²) in [6, 6.07) is -5.10. The smallest absolute Gasteiger partial charge is 0.328 e. The molecule has 3 amide bonds. The Morgan fingerprint density at radius 2 is 1.37 bits per heavy atom. The van der Waals surface area contributed by atoms with Crippen LogP contribution in [0.4, 0.5) is 0 Å². The average Bonchev–Trinajstić information content (AvgIpc) is 2.61. The highest BCUT2D eigenvalue weighted by atomic mass is 16.4. The number of hydrogen-bond donors (Lipinski definition) is 7. The number of nitrogens with two attached hydrogens (primary N) is 1. The molecule has 0 saturated heterocycles. The molecule has 0 spiro atoms. The first-order chi connectivity index (χ1) is 13.8. The van der Waals surface area contributed by atoms with Crippen LogP contribution in [0.25, 0.3) is 0 Å². The second-order valence-electron chi connectivity index (χ2n) is 7.71. The lowest BCUT2D eigenvalue weighted by Gasteiger charge is -2.27. The third kappa shape index (κ3) is 9.65. The average molecular weight is 432 g/mol. The van der Waals surface area contributed by atoms with E-state index in [1.807, 2.05) is 0 Å². The maximum Gasteiger partial charge on any atom is 0.328 e. The van der Waals surface area contributed by atoms with Gasteiger partial charge in [-0.25, -0.2) is 4.79 Å². The summed E-state index contributed by atoms with van der Waals surface area (Å²) in [6.45, 7) is 6.02. The summed E-state index contributed by atoms with van der Waals surface area (Å²) in [5, 5.41) is 33.8. The highest BCUT2D eigenvalue weighted by Gasteiger charge is 2.32. The van der Waals surface area contributed by atoms with Crippen LogP contribution < -0.4 is 21.7 Å². The Hall–Kier alpha value is -2.73. The molecule has 12 nitrogen and oxygen atoms in total. The predicted octanol–water partition coefficient (Wildman–Crippen LogP) is -1.98. The largest absolute Gasteiger partial charge is 0.481 e. The minimum absolute atomic E-state index is 0.0335. The van der Waals surface area contributed by atoms with Gasteiger partial charge in [0.05, 0.1) is 19.1 Å². The zero-order valence-electron chi connectivity index (χ0n) is 17.5. The van der Waals surface area contributed by atoms with Crippen LogP contribution in [0.2, 0.25) is 0 Å². The van der Waals surface area contributed by atoms with Crippen molar-refractivity contribution in [2.45, 2.75) is 64.7 Å². The molecular weight excluding hydrogens is 400 g/mol. The number of nitrogens with one attached hydrogen (secondary N) is 3. The molecule has 0 aromatic heterocycles. The van der Waals surface area contributed by atoms with Gasteiger partial charge in [-0.2, -0.15) is 0 Å². The number of carboxylic acids is 2. The van der Waals surface area contributed by atoms with Crippen molar-refractivity contribution in [2.24, 2.45) is 17.6 Å². The van der Waals surface area contributed by atoms with Crippen LogP contribution in [0, 0.1) is 11.8 Å². The van der Waals surface area contributed by atoms with E-state index in [-0.39, 0.29) is 12.3 Å². The van der Waals surface area contributed by atoms with E-state index in [0.29, 0.717) is 0 Å². The molecule has 4 atom stereocenters. The fourth-order valence-corrected chi connectivity index (χ4v) is 2.50. The normalized spacial score (nSPS) is 15.1. The van der Waals surface area contributed by atoms with Crippen molar-refractivity contribution < 1.29 is 39.3 Å². The summed E-state index contributed by atoms with van der Waals surface area (Å²) in [7, 11) is 0. The molecule has 0 aliphatic rings. The minimum Gasteiger partial charge on any atom is -0.481 e. The second kappa shape index (κ2) is 12.8. The van der Waals surface area contributed by atoms with Gasteiger partial charge in [0.1, 0.15) is 18.1 Å². The number of aliphatic carboxylic acids is 2. The van der Waals surface area contributed by atoms with Crippen LogP contribution in [-0.4, -0.2) is 75.8 Å². The summed E-state index contributed by atoms with van der Waals surface area (Å²) in [5.41, 5.74) is 5.53. The van der Waals surface area contributed by atoms with Crippen LogP contribution in [0.15, 0.2) is 0 Å². The van der Waals surface area contributed by atoms with Crippen molar-refractivity contribution in [3.63, 3.8) is 0 Å². The summed E-state index contributed by atoms with van der Waals surface area (Å²) in [4.78, 5) is 59.0. The molecule has 0 radical (unpaired) electrons. The predicted molar refractivity (Wildman–Crippen MR) is 105 cm³/mol. The number of hydrogen-bond acceptors (Lipinski definition) is 7. The van der Waals surface area contributed by atoms with Crippen molar-refractivity contribution in [3.8, 4) is 0 Å². The van der Waals surface area contributed by atoms with Gasteiger partial charge in [-0.15, -0.1) is 0 Å². The Kier molecular flexibility index (Phi) is 11.6. The molecular formula is C18H32N4O8. The van der Waals surface area contributed by atoms with Gasteiger partial charge in [0.2, 0.25) is 17.7 Å². The Labute approximate surface area is 174 Å². The molecule has 0 aliphatic heterocycles. The number of carbonyl (C=O) groups excluding carboxylic acids is 3. The molecule has 8 N–H and O–H groups in total. The zero-order valence-corrected chi connectivity index (χ0v) is 17.5. The van der Waals surface area contributed by atoms with Gasteiger partial charge in [-0.1, -0.05) is 27.7 Å². The monoisotopic (exact) mass is 432 g/mol. The standard InChI is InChI=1S/C18H32N4O8/c1-8(2)5-11(20-15(26)10(19)6-13(24)25)16(27)22-14(9(3)4)17(28)21-12(7-23)18(29)30/h8-12,14,23H,5-7,19H2,1-4H3,(H,20,26)(H,21,28)(H,22,27)(H,24,25)(H,29,30). The number of amides is 3. The highest BCUT2D eigenvalue weighted by molar-refractivity contribution is 5.94. The van der Waals surface area contributed by atoms with Crippen molar-refractivity contribution in [1.29, 1.82) is 0 Å². The molecule has 4 unspecified atom stereocenters. The number of carbonyl (C=O) groups is 5. The maximum atomic E-state index is 12.7. The summed E-state index contributed by atoms with van der Waals surface area (Å²) >= 11 is 0. The van der Waals surface area contributed by atoms with Gasteiger partial charge >= 0.3 is 11.9 Å². The summed E-state index contributed by atoms with van der Waals surface area (Å²) in [6.07, 6.45) is -0.422. The number of rotatable bonds is 13. The second-order valence-corrected chi connectivity index (χ2v) is 7.71. The van der Waals surface area contributed by atoms with E-state index in [1.165, 1.54) is 0 Å². The van der Waals surface area contributed by atoms with E-state index in [1.54, 1.807) is 27.7 Å². The lowest BCUT2D eigenvalue weighted by molar-refractivity contribution is -0.143. The van der Waals surface area contributed by atoms with Crippen LogP contribution in [0.1, 0.15) is 40.5 Å². The SMILES string of the molecule is CC(C)CC(NC(=O)C(N)CC(=O)O)C(=O)NC(C(=O)NC(CO)C(=O)O)C(C)C. The molecule has 0 saturated carbocycles. The molecule has 0 aromatic rings. The van der Waals surface area contributed by atoms with Crippen molar-refractivity contribution in [3.05, 3.63) is 0 Å². The van der Waals surface area contributed by atoms with Crippen LogP contribution in [0.5, 0.6) is 0 Å². The quantitative estimate of drug-likeness (QED) is 0.172. The van der Waals surface area contributed by atoms with Crippen LogP contribution in [0.3, 0.4) is 0 Å². The maximum absolute atomic E-state index is 12.7. The molecule has 0 aliphatic carbocycles. The van der Waals surface area contributed by atoms with Crippen LogP contribution >= 0.6 is 0 Å². The van der Waals surface area contributed by atoms with Gasteiger partial charge < -0.3 is 37.0 Å². The molecule has 12 heteroatoms. The topological polar surface area (TPSA) is 208 Å². The van der Waals surface area contributed by atoms with E-state index in [4.69, 9.17) is 21.1 Å². The van der Waals surface area contributed by atoms with E-state index in [9.17, 15) is 24.0 Å². The molecule has 30 heavy (non-hydrogen) atoms. The fraction of sp³-hybridized carbons (Fsp3) is 0.722. The Balaban J connectivity index is 5.35. The van der Waals surface area contributed by atoms with Crippen molar-refractivity contribution >= 4 is 29.7 Å². The first-order valence-corrected chi connectivity index (χ1v) is 9.52. The van der Waals surface area contributed by atoms with Crippen molar-refractivity contribution in [1.82, 2.24) is 16.0 Å². The summed E-state index contributed by atoms with van der Waals surface area (Å²) in [5.74, 6) is -5.51. The van der Waals surface area contributed by atoms with E-state index in [2.05, 4.69) is 16.0 Å². The molecule has 0 fully saturated rings. The van der Waals surface area contributed by atoms with Gasteiger partial charge in [0.25, 0.3) is 0 Å². The third-order valence-corrected chi connectivity index (χ3v) is 4.12. The van der Waals surface area contributed by atoms with E-state index >= 15 is 0 Å². The van der Waals surface area contributed by atoms with Gasteiger partial charge in [0, 0.05) is 0 Å². The zero-order chi connectivity index (χ0) is 23.6. The highest BCUT2D eigenvalue weighted by Crippen LogP contribution is 2.09. The number of aliphatic hydroxyl groups excluding tert-OH is 1. The minimum atomic E-state index is -1.53. The number of aliphatic hydroxyl groups is 1.